The lowest BCUT2D eigenvalue weighted by atomic mass is 10.2. The monoisotopic (exact) mass is 227 g/mol. The summed E-state index contributed by atoms with van der Waals surface area (Å²) in [6.45, 7) is 0.447. The van der Waals surface area contributed by atoms with E-state index in [1.165, 1.54) is 0 Å². The van der Waals surface area contributed by atoms with Crippen LogP contribution >= 0.6 is 0 Å². The Bertz CT molecular complexity index is 443. The predicted molar refractivity (Wildman–Crippen MR) is 58.5 cm³/mol. The van der Waals surface area contributed by atoms with Gasteiger partial charge in [0.2, 0.25) is 0 Å². The maximum atomic E-state index is 10.9. The van der Waals surface area contributed by atoms with Gasteiger partial charge in [0.15, 0.2) is 9.84 Å². The van der Waals surface area contributed by atoms with E-state index in [9.17, 15) is 8.42 Å². The molecule has 1 aliphatic rings. The van der Waals surface area contributed by atoms with Gasteiger partial charge < -0.3 is 10.5 Å². The number of hydrogen-bond acceptors (Lipinski definition) is 4. The van der Waals surface area contributed by atoms with Crippen molar-refractivity contribution in [1.82, 2.24) is 0 Å². The number of ether oxygens (including phenoxy) is 1. The van der Waals surface area contributed by atoms with Gasteiger partial charge in [-0.05, 0) is 12.1 Å². The molecule has 0 atom stereocenters. The van der Waals surface area contributed by atoms with Crippen molar-refractivity contribution in [3.8, 4) is 5.75 Å². The second kappa shape index (κ2) is 3.73. The standard InChI is InChI=1S/C10H13NO3S/c11-9-2-1-3-10(4-9)14-5-8-6-15(12,13)7-8/h1-4,8H,5-7,11H2. The van der Waals surface area contributed by atoms with Crippen molar-refractivity contribution in [3.63, 3.8) is 0 Å². The topological polar surface area (TPSA) is 69.4 Å². The van der Waals surface area contributed by atoms with Crippen LogP contribution in [0.2, 0.25) is 0 Å². The van der Waals surface area contributed by atoms with Gasteiger partial charge in [-0.2, -0.15) is 0 Å². The van der Waals surface area contributed by atoms with Crippen molar-refractivity contribution in [3.05, 3.63) is 24.3 Å². The summed E-state index contributed by atoms with van der Waals surface area (Å²) in [5.41, 5.74) is 6.23. The van der Waals surface area contributed by atoms with E-state index >= 15 is 0 Å². The van der Waals surface area contributed by atoms with Gasteiger partial charge in [-0.15, -0.1) is 0 Å². The molecule has 1 aliphatic heterocycles. The van der Waals surface area contributed by atoms with Crippen molar-refractivity contribution in [1.29, 1.82) is 0 Å². The van der Waals surface area contributed by atoms with E-state index in [2.05, 4.69) is 0 Å². The van der Waals surface area contributed by atoms with Crippen molar-refractivity contribution in [2.45, 2.75) is 0 Å². The van der Waals surface area contributed by atoms with Crippen molar-refractivity contribution < 1.29 is 13.2 Å². The maximum absolute atomic E-state index is 10.9. The lowest BCUT2D eigenvalue weighted by Crippen LogP contribution is -2.39. The van der Waals surface area contributed by atoms with Crippen LogP contribution in [-0.4, -0.2) is 26.5 Å². The third-order valence-corrected chi connectivity index (χ3v) is 4.28. The summed E-state index contributed by atoms with van der Waals surface area (Å²) in [5.74, 6) is 1.32. The van der Waals surface area contributed by atoms with Gasteiger partial charge in [0.25, 0.3) is 0 Å². The van der Waals surface area contributed by atoms with E-state index in [0.29, 0.717) is 18.0 Å². The van der Waals surface area contributed by atoms with Gasteiger partial charge in [0, 0.05) is 17.7 Å². The van der Waals surface area contributed by atoms with Gasteiger partial charge in [0.05, 0.1) is 18.1 Å². The molecule has 0 spiro atoms. The molecule has 82 valence electrons. The Labute approximate surface area is 89.0 Å². The number of anilines is 1. The molecule has 0 bridgehead atoms. The van der Waals surface area contributed by atoms with Crippen LogP contribution in [0.5, 0.6) is 5.75 Å². The highest BCUT2D eigenvalue weighted by Crippen LogP contribution is 2.21. The zero-order chi connectivity index (χ0) is 10.9. The molecule has 4 nitrogen and oxygen atoms in total. The third kappa shape index (κ3) is 2.62. The molecule has 0 radical (unpaired) electrons. The Morgan fingerprint density at radius 3 is 2.73 bits per heavy atom. The van der Waals surface area contributed by atoms with E-state index in [0.717, 1.165) is 0 Å². The fourth-order valence-corrected chi connectivity index (χ4v) is 3.12. The first-order valence-corrected chi connectivity index (χ1v) is 6.56. The molecule has 1 aromatic carbocycles. The first kappa shape index (κ1) is 10.3. The van der Waals surface area contributed by atoms with Crippen LogP contribution in [0.25, 0.3) is 0 Å². The Hall–Kier alpha value is -1.23. The van der Waals surface area contributed by atoms with Gasteiger partial charge in [0.1, 0.15) is 5.75 Å². The molecular formula is C10H13NO3S. The first-order valence-electron chi connectivity index (χ1n) is 4.74. The third-order valence-electron chi connectivity index (χ3n) is 2.32. The normalized spacial score (nSPS) is 19.5. The lowest BCUT2D eigenvalue weighted by molar-refractivity contribution is 0.264. The molecular weight excluding hydrogens is 214 g/mol. The number of nitrogen functional groups attached to an aromatic ring is 1. The minimum absolute atomic E-state index is 0.136. The van der Waals surface area contributed by atoms with Crippen LogP contribution in [0, 0.1) is 5.92 Å². The Kier molecular flexibility index (Phi) is 2.56. The second-order valence-corrected chi connectivity index (χ2v) is 5.98. The van der Waals surface area contributed by atoms with E-state index in [1.54, 1.807) is 12.1 Å². The Morgan fingerprint density at radius 2 is 2.13 bits per heavy atom. The fourth-order valence-electron chi connectivity index (χ4n) is 1.58. The molecule has 1 saturated heterocycles. The summed E-state index contributed by atoms with van der Waals surface area (Å²) in [4.78, 5) is 0. The van der Waals surface area contributed by atoms with E-state index in [-0.39, 0.29) is 17.4 Å². The first-order chi connectivity index (χ1) is 7.05. The molecule has 0 amide bonds. The number of rotatable bonds is 3. The molecule has 5 heteroatoms. The summed E-state index contributed by atoms with van der Waals surface area (Å²) in [5, 5.41) is 0. The van der Waals surface area contributed by atoms with Gasteiger partial charge in [-0.1, -0.05) is 6.07 Å². The minimum atomic E-state index is -2.75. The number of hydrogen-bond donors (Lipinski definition) is 1. The molecule has 15 heavy (non-hydrogen) atoms. The summed E-state index contributed by atoms with van der Waals surface area (Å²) in [6, 6.07) is 7.12. The molecule has 2 N–H and O–H groups in total. The SMILES string of the molecule is Nc1cccc(OCC2CS(=O)(=O)C2)c1. The van der Waals surface area contributed by atoms with Crippen LogP contribution in [0.1, 0.15) is 0 Å². The van der Waals surface area contributed by atoms with Crippen molar-refractivity contribution in [2.75, 3.05) is 23.8 Å². The van der Waals surface area contributed by atoms with Crippen LogP contribution in [-0.2, 0) is 9.84 Å². The molecule has 1 heterocycles. The van der Waals surface area contributed by atoms with E-state index in [4.69, 9.17) is 10.5 Å². The summed E-state index contributed by atoms with van der Waals surface area (Å²) < 4.78 is 27.2. The molecule has 2 rings (SSSR count). The van der Waals surface area contributed by atoms with Gasteiger partial charge in [-0.3, -0.25) is 0 Å². The highest BCUT2D eigenvalue weighted by molar-refractivity contribution is 7.92. The van der Waals surface area contributed by atoms with E-state index in [1.807, 2.05) is 12.1 Å². The fraction of sp³-hybridized carbons (Fsp3) is 0.400. The van der Waals surface area contributed by atoms with Crippen LogP contribution < -0.4 is 10.5 Å². The van der Waals surface area contributed by atoms with Crippen LogP contribution in [0.4, 0.5) is 5.69 Å². The highest BCUT2D eigenvalue weighted by Gasteiger charge is 2.33. The average Bonchev–Trinajstić information content (AvgIpc) is 2.11. The zero-order valence-corrected chi connectivity index (χ0v) is 9.03. The lowest BCUT2D eigenvalue weighted by Gasteiger charge is -2.25. The number of nitrogens with two attached hydrogens (primary N) is 1. The molecule has 0 aromatic heterocycles. The minimum Gasteiger partial charge on any atom is -0.493 e. The molecule has 1 fully saturated rings. The summed E-state index contributed by atoms with van der Waals surface area (Å²) >= 11 is 0. The van der Waals surface area contributed by atoms with Crippen molar-refractivity contribution >= 4 is 15.5 Å². The smallest absolute Gasteiger partial charge is 0.151 e. The summed E-state index contributed by atoms with van der Waals surface area (Å²) in [6.07, 6.45) is 0. The highest BCUT2D eigenvalue weighted by atomic mass is 32.2. The Morgan fingerprint density at radius 1 is 1.40 bits per heavy atom. The predicted octanol–water partition coefficient (Wildman–Crippen LogP) is 0.692. The van der Waals surface area contributed by atoms with Crippen molar-refractivity contribution in [2.24, 2.45) is 5.92 Å². The average molecular weight is 227 g/mol. The van der Waals surface area contributed by atoms with Crippen LogP contribution in [0.3, 0.4) is 0 Å². The van der Waals surface area contributed by atoms with Gasteiger partial charge >= 0.3 is 0 Å². The molecule has 0 saturated carbocycles. The Balaban J connectivity index is 1.84. The van der Waals surface area contributed by atoms with E-state index < -0.39 is 9.84 Å². The zero-order valence-electron chi connectivity index (χ0n) is 8.22. The number of sulfone groups is 1. The molecule has 0 unspecified atom stereocenters. The quantitative estimate of drug-likeness (QED) is 0.771. The maximum Gasteiger partial charge on any atom is 0.151 e. The molecule has 0 aliphatic carbocycles. The van der Waals surface area contributed by atoms with Crippen LogP contribution in [0.15, 0.2) is 24.3 Å². The largest absolute Gasteiger partial charge is 0.493 e. The summed E-state index contributed by atoms with van der Waals surface area (Å²) in [7, 11) is -2.75. The van der Waals surface area contributed by atoms with Gasteiger partial charge in [-0.25, -0.2) is 8.42 Å². The molecule has 1 aromatic rings. The second-order valence-electron chi connectivity index (χ2n) is 3.83. The number of benzene rings is 1.